The number of aliphatic hydroxyl groups excluding tert-OH is 1. The predicted octanol–water partition coefficient (Wildman–Crippen LogP) is 1.78. The first kappa shape index (κ1) is 18.3. The van der Waals surface area contributed by atoms with Gasteiger partial charge in [-0.05, 0) is 20.9 Å². The van der Waals surface area contributed by atoms with Crippen LogP contribution in [0.4, 0.5) is 13.2 Å². The molecule has 2 rings (SSSR count). The Balaban J connectivity index is 2.06. The summed E-state index contributed by atoms with van der Waals surface area (Å²) in [6, 6.07) is 0.124. The molecule has 0 aliphatic carbocycles. The van der Waals surface area contributed by atoms with Crippen LogP contribution in [0.15, 0.2) is 10.7 Å². The van der Waals surface area contributed by atoms with Gasteiger partial charge in [0.15, 0.2) is 0 Å². The molecule has 23 heavy (non-hydrogen) atoms. The van der Waals surface area contributed by atoms with Gasteiger partial charge in [-0.3, -0.25) is 4.90 Å². The van der Waals surface area contributed by atoms with Crippen LogP contribution in [0.1, 0.15) is 23.8 Å². The lowest BCUT2D eigenvalue weighted by atomic mass is 9.96. The lowest BCUT2D eigenvalue weighted by molar-refractivity contribution is -0.138. The number of rotatable bonds is 5. The van der Waals surface area contributed by atoms with Gasteiger partial charge in [-0.1, -0.05) is 0 Å². The Kier molecular flexibility index (Phi) is 5.40. The molecule has 2 heterocycles. The van der Waals surface area contributed by atoms with Gasteiger partial charge in [-0.25, -0.2) is 0 Å². The smallest absolute Gasteiger partial charge is 0.419 e. The van der Waals surface area contributed by atoms with Gasteiger partial charge in [0, 0.05) is 24.7 Å². The van der Waals surface area contributed by atoms with Crippen LogP contribution in [0.3, 0.4) is 0 Å². The molecule has 1 saturated heterocycles. The topological polar surface area (TPSA) is 57.9 Å². The van der Waals surface area contributed by atoms with Gasteiger partial charge in [0.25, 0.3) is 0 Å². The van der Waals surface area contributed by atoms with E-state index in [0.29, 0.717) is 19.8 Å². The summed E-state index contributed by atoms with van der Waals surface area (Å²) in [4.78, 5) is 2.01. The molecule has 0 amide bonds. The second-order valence-electron chi connectivity index (χ2n) is 6.14. The summed E-state index contributed by atoms with van der Waals surface area (Å²) in [5, 5.41) is 12.8. The number of nitrogens with one attached hydrogen (secondary N) is 1. The highest BCUT2D eigenvalue weighted by Gasteiger charge is 2.40. The van der Waals surface area contributed by atoms with E-state index in [1.807, 2.05) is 18.9 Å². The Morgan fingerprint density at radius 2 is 2.17 bits per heavy atom. The van der Waals surface area contributed by atoms with E-state index in [4.69, 9.17) is 9.15 Å². The Labute approximate surface area is 133 Å². The van der Waals surface area contributed by atoms with Gasteiger partial charge in [0.1, 0.15) is 12.0 Å². The van der Waals surface area contributed by atoms with Gasteiger partial charge < -0.3 is 19.6 Å². The zero-order chi connectivity index (χ0) is 17.3. The van der Waals surface area contributed by atoms with E-state index >= 15 is 0 Å². The van der Waals surface area contributed by atoms with Crippen LogP contribution in [-0.4, -0.2) is 55.0 Å². The number of aryl methyl sites for hydroxylation is 1. The molecule has 1 aliphatic heterocycles. The number of aliphatic hydroxyl groups is 1. The molecule has 0 aromatic carbocycles. The molecule has 1 aromatic rings. The molecule has 0 spiro atoms. The minimum absolute atomic E-state index is 0.0150. The van der Waals surface area contributed by atoms with Crippen LogP contribution in [0, 0.1) is 6.92 Å². The molecule has 0 bridgehead atoms. The van der Waals surface area contributed by atoms with Crippen molar-refractivity contribution in [2.75, 3.05) is 33.4 Å². The first-order valence-electron chi connectivity index (χ1n) is 7.47. The summed E-state index contributed by atoms with van der Waals surface area (Å²) in [5.74, 6) is 0.240. The lowest BCUT2D eigenvalue weighted by Gasteiger charge is -2.47. The summed E-state index contributed by atoms with van der Waals surface area (Å²) in [6.07, 6.45) is -3.70. The van der Waals surface area contributed by atoms with E-state index in [-0.39, 0.29) is 30.5 Å². The van der Waals surface area contributed by atoms with Gasteiger partial charge in [-0.2, -0.15) is 13.2 Å². The maximum Gasteiger partial charge on any atom is 0.419 e. The number of likely N-dealkylation sites (N-methyl/N-ethyl adjacent to an activating group) is 1. The van der Waals surface area contributed by atoms with Crippen molar-refractivity contribution in [3.63, 3.8) is 0 Å². The highest BCUT2D eigenvalue weighted by molar-refractivity contribution is 5.29. The molecule has 0 unspecified atom stereocenters. The highest BCUT2D eigenvalue weighted by Crippen LogP contribution is 2.34. The molecule has 1 fully saturated rings. The Bertz CT molecular complexity index is 533. The number of ether oxygens (including phenoxy) is 1. The van der Waals surface area contributed by atoms with Crippen molar-refractivity contribution in [2.24, 2.45) is 0 Å². The number of nitrogens with zero attached hydrogens (tertiary/aromatic N) is 1. The van der Waals surface area contributed by atoms with Crippen LogP contribution in [0.2, 0.25) is 0 Å². The van der Waals surface area contributed by atoms with Crippen LogP contribution < -0.4 is 5.32 Å². The summed E-state index contributed by atoms with van der Waals surface area (Å²) in [5.41, 5.74) is -1.31. The summed E-state index contributed by atoms with van der Waals surface area (Å²) >= 11 is 0. The zero-order valence-electron chi connectivity index (χ0n) is 13.5. The molecule has 132 valence electrons. The van der Waals surface area contributed by atoms with Gasteiger partial charge in [0.05, 0.1) is 30.9 Å². The van der Waals surface area contributed by atoms with Crippen LogP contribution >= 0.6 is 0 Å². The third kappa shape index (κ3) is 3.71. The average molecular weight is 336 g/mol. The van der Waals surface area contributed by atoms with E-state index in [0.717, 1.165) is 6.26 Å². The second kappa shape index (κ2) is 6.80. The van der Waals surface area contributed by atoms with Gasteiger partial charge in [0.2, 0.25) is 0 Å². The molecule has 8 heteroatoms. The van der Waals surface area contributed by atoms with E-state index in [2.05, 4.69) is 5.32 Å². The largest absolute Gasteiger partial charge is 0.469 e. The van der Waals surface area contributed by atoms with Crippen molar-refractivity contribution in [2.45, 2.75) is 38.1 Å². The monoisotopic (exact) mass is 336 g/mol. The Morgan fingerprint density at radius 3 is 2.78 bits per heavy atom. The predicted molar refractivity (Wildman–Crippen MR) is 78.0 cm³/mol. The molecule has 1 aliphatic rings. The molecule has 0 saturated carbocycles. The average Bonchev–Trinajstić information content (AvgIpc) is 2.85. The number of hydrogen-bond acceptors (Lipinski definition) is 5. The van der Waals surface area contributed by atoms with Crippen molar-refractivity contribution in [1.82, 2.24) is 10.2 Å². The normalized spacial score (nSPS) is 26.7. The molecule has 0 radical (unpaired) electrons. The Hall–Kier alpha value is -1.09. The number of alkyl halides is 3. The van der Waals surface area contributed by atoms with Gasteiger partial charge >= 0.3 is 6.18 Å². The lowest BCUT2D eigenvalue weighted by Crippen LogP contribution is -2.65. The zero-order valence-corrected chi connectivity index (χ0v) is 13.5. The quantitative estimate of drug-likeness (QED) is 0.858. The molecule has 2 atom stereocenters. The first-order valence-corrected chi connectivity index (χ1v) is 7.47. The third-order valence-corrected chi connectivity index (χ3v) is 4.60. The van der Waals surface area contributed by atoms with Crippen LogP contribution in [-0.2, 0) is 17.5 Å². The summed E-state index contributed by atoms with van der Waals surface area (Å²) in [6.45, 7) is 4.56. The molecule has 1 aromatic heterocycles. The van der Waals surface area contributed by atoms with Gasteiger partial charge in [-0.15, -0.1) is 0 Å². The second-order valence-corrected chi connectivity index (χ2v) is 6.14. The van der Waals surface area contributed by atoms with Crippen molar-refractivity contribution in [3.05, 3.63) is 23.2 Å². The molecular formula is C15H23F3N2O3. The van der Waals surface area contributed by atoms with E-state index in [9.17, 15) is 18.3 Å². The van der Waals surface area contributed by atoms with Crippen molar-refractivity contribution in [1.29, 1.82) is 0 Å². The standard InChI is InChI=1S/C15H23F3N2O3/c1-10-5-22-9-14(8-21,20(10)3)7-19-4-12-11(2)23-6-13(12)15(16,17)18/h6,10,19,21H,4-5,7-9H2,1-3H3/t10-,14+/m1/s1. The Morgan fingerprint density at radius 1 is 1.48 bits per heavy atom. The summed E-state index contributed by atoms with van der Waals surface area (Å²) < 4.78 is 49.2. The van der Waals surface area contributed by atoms with E-state index < -0.39 is 17.3 Å². The minimum atomic E-state index is -4.44. The number of furan rings is 1. The SMILES string of the molecule is Cc1occ(C(F)(F)F)c1CNC[C@]1(CO)COC[C@@H](C)N1C. The number of hydrogen-bond donors (Lipinski definition) is 2. The third-order valence-electron chi connectivity index (χ3n) is 4.60. The fourth-order valence-electron chi connectivity index (χ4n) is 2.85. The maximum absolute atomic E-state index is 12.9. The fraction of sp³-hybridized carbons (Fsp3) is 0.733. The van der Waals surface area contributed by atoms with Crippen LogP contribution in [0.25, 0.3) is 0 Å². The molecule has 5 nitrogen and oxygen atoms in total. The number of halogens is 3. The van der Waals surface area contributed by atoms with E-state index in [1.165, 1.54) is 6.92 Å². The minimum Gasteiger partial charge on any atom is -0.469 e. The van der Waals surface area contributed by atoms with Crippen molar-refractivity contribution >= 4 is 0 Å². The fourth-order valence-corrected chi connectivity index (χ4v) is 2.85. The first-order chi connectivity index (χ1) is 10.7. The highest BCUT2D eigenvalue weighted by atomic mass is 19.4. The van der Waals surface area contributed by atoms with Crippen molar-refractivity contribution in [3.8, 4) is 0 Å². The molecule has 2 N–H and O–H groups in total. The number of morpholine rings is 1. The van der Waals surface area contributed by atoms with Crippen molar-refractivity contribution < 1.29 is 27.4 Å². The molecular weight excluding hydrogens is 313 g/mol. The van der Waals surface area contributed by atoms with Crippen LogP contribution in [0.5, 0.6) is 0 Å². The van der Waals surface area contributed by atoms with E-state index in [1.54, 1.807) is 0 Å². The summed E-state index contributed by atoms with van der Waals surface area (Å²) in [7, 11) is 1.88. The maximum atomic E-state index is 12.9.